The van der Waals surface area contributed by atoms with Crippen molar-refractivity contribution in [1.82, 2.24) is 19.9 Å². The molecule has 1 amide bonds. The molecule has 134 valence electrons. The molecule has 0 spiro atoms. The van der Waals surface area contributed by atoms with Crippen LogP contribution in [0.2, 0.25) is 5.02 Å². The number of aromatic nitrogens is 4. The zero-order chi connectivity index (χ0) is 18.7. The first kappa shape index (κ1) is 17.8. The summed E-state index contributed by atoms with van der Waals surface area (Å²) in [5.41, 5.74) is 1.17. The lowest BCUT2D eigenvalue weighted by Gasteiger charge is -2.14. The van der Waals surface area contributed by atoms with Crippen LogP contribution in [0.15, 0.2) is 35.3 Å². The summed E-state index contributed by atoms with van der Waals surface area (Å²) in [5.74, 6) is 0.514. The highest BCUT2D eigenvalue weighted by molar-refractivity contribution is 6.31. The maximum Gasteiger partial charge on any atom is 0.272 e. The molecule has 0 saturated heterocycles. The topological polar surface area (TPSA) is 113 Å². The van der Waals surface area contributed by atoms with E-state index in [0.717, 1.165) is 0 Å². The Hall–Kier alpha value is -3.00. The van der Waals surface area contributed by atoms with Gasteiger partial charge in [-0.3, -0.25) is 9.59 Å². The van der Waals surface area contributed by atoms with Crippen molar-refractivity contribution in [3.05, 3.63) is 51.5 Å². The van der Waals surface area contributed by atoms with Crippen LogP contribution < -0.4 is 16.2 Å². The predicted molar refractivity (Wildman–Crippen MR) is 100 cm³/mol. The summed E-state index contributed by atoms with van der Waals surface area (Å²) in [6.45, 7) is 3.52. The molecule has 0 saturated carbocycles. The molecular weight excluding hydrogens is 356 g/mol. The molecule has 3 N–H and O–H groups in total. The fraction of sp³-hybridized carbons (Fsp3) is 0.235. The standard InChI is InChI=1S/C17H17ClN6O2/c1-3-14(25)23-13-6-7-19-17(24-13)20-9(2)15-16(26)22-11-5-4-10(18)8-12(11)21-15/h4-9H,3H2,1-2H3,(H,22,26)(H2,19,20,23,24,25)/t9-/m0/s1. The van der Waals surface area contributed by atoms with Gasteiger partial charge in [0.2, 0.25) is 11.9 Å². The van der Waals surface area contributed by atoms with Crippen molar-refractivity contribution in [3.8, 4) is 0 Å². The molecule has 0 radical (unpaired) electrons. The van der Waals surface area contributed by atoms with Crippen LogP contribution in [0.5, 0.6) is 0 Å². The molecule has 0 bridgehead atoms. The smallest absolute Gasteiger partial charge is 0.272 e. The average molecular weight is 373 g/mol. The number of nitrogens with one attached hydrogen (secondary N) is 3. The number of carbonyl (C=O) groups is 1. The molecule has 9 heteroatoms. The van der Waals surface area contributed by atoms with Gasteiger partial charge in [-0.2, -0.15) is 4.98 Å². The van der Waals surface area contributed by atoms with Gasteiger partial charge in [0.1, 0.15) is 11.5 Å². The molecule has 3 aromatic rings. The van der Waals surface area contributed by atoms with E-state index in [1.807, 2.05) is 0 Å². The maximum atomic E-state index is 12.3. The molecule has 2 aromatic heterocycles. The number of benzene rings is 1. The van der Waals surface area contributed by atoms with Crippen molar-refractivity contribution in [1.29, 1.82) is 0 Å². The van der Waals surface area contributed by atoms with Crippen molar-refractivity contribution in [3.63, 3.8) is 0 Å². The number of rotatable bonds is 5. The molecule has 0 fully saturated rings. The first-order chi connectivity index (χ1) is 12.5. The molecule has 2 heterocycles. The molecule has 8 nitrogen and oxygen atoms in total. The fourth-order valence-electron chi connectivity index (χ4n) is 2.35. The summed E-state index contributed by atoms with van der Waals surface area (Å²) in [7, 11) is 0. The Morgan fingerprint density at radius 1 is 1.31 bits per heavy atom. The highest BCUT2D eigenvalue weighted by Gasteiger charge is 2.15. The van der Waals surface area contributed by atoms with Crippen LogP contribution in [0.25, 0.3) is 11.0 Å². The van der Waals surface area contributed by atoms with E-state index in [1.54, 1.807) is 38.1 Å². The van der Waals surface area contributed by atoms with Gasteiger partial charge >= 0.3 is 0 Å². The first-order valence-corrected chi connectivity index (χ1v) is 8.43. The molecule has 1 aromatic carbocycles. The van der Waals surface area contributed by atoms with E-state index in [0.29, 0.717) is 28.3 Å². The van der Waals surface area contributed by atoms with E-state index < -0.39 is 6.04 Å². The second-order valence-electron chi connectivity index (χ2n) is 5.65. The number of H-pyrrole nitrogens is 1. The number of amides is 1. The van der Waals surface area contributed by atoms with E-state index in [-0.39, 0.29) is 23.1 Å². The maximum absolute atomic E-state index is 12.3. The molecule has 26 heavy (non-hydrogen) atoms. The van der Waals surface area contributed by atoms with Crippen LogP contribution in [-0.4, -0.2) is 25.8 Å². The summed E-state index contributed by atoms with van der Waals surface area (Å²) in [6, 6.07) is 6.20. The van der Waals surface area contributed by atoms with Gasteiger partial charge in [-0.25, -0.2) is 9.97 Å². The number of halogens is 1. The Bertz CT molecular complexity index is 1020. The summed E-state index contributed by atoms with van der Waals surface area (Å²) in [4.78, 5) is 39.3. The monoisotopic (exact) mass is 372 g/mol. The molecule has 0 aliphatic rings. The van der Waals surface area contributed by atoms with Gasteiger partial charge in [0.05, 0.1) is 17.1 Å². The number of nitrogens with zero attached hydrogens (tertiary/aromatic N) is 3. The van der Waals surface area contributed by atoms with Crippen molar-refractivity contribution >= 4 is 40.3 Å². The largest absolute Gasteiger partial charge is 0.346 e. The van der Waals surface area contributed by atoms with Crippen LogP contribution >= 0.6 is 11.6 Å². The van der Waals surface area contributed by atoms with Crippen LogP contribution in [0, 0.1) is 0 Å². The number of hydrogen-bond donors (Lipinski definition) is 3. The van der Waals surface area contributed by atoms with E-state index in [2.05, 4.69) is 30.6 Å². The SMILES string of the molecule is CCC(=O)Nc1ccnc(N[C@@H](C)c2nc3cc(Cl)ccc3[nH]c2=O)n1. The lowest BCUT2D eigenvalue weighted by molar-refractivity contribution is -0.115. The van der Waals surface area contributed by atoms with Crippen molar-refractivity contribution in [2.45, 2.75) is 26.3 Å². The Balaban J connectivity index is 1.86. The summed E-state index contributed by atoms with van der Waals surface area (Å²) in [5, 5.41) is 6.21. The Morgan fingerprint density at radius 3 is 2.88 bits per heavy atom. The van der Waals surface area contributed by atoms with Crippen molar-refractivity contribution in [2.24, 2.45) is 0 Å². The zero-order valence-corrected chi connectivity index (χ0v) is 15.0. The van der Waals surface area contributed by atoms with Crippen LogP contribution in [0.4, 0.5) is 11.8 Å². The second-order valence-corrected chi connectivity index (χ2v) is 6.08. The highest BCUT2D eigenvalue weighted by atomic mass is 35.5. The van der Waals surface area contributed by atoms with Gasteiger partial charge in [0.25, 0.3) is 5.56 Å². The number of carbonyl (C=O) groups excluding carboxylic acids is 1. The number of aromatic amines is 1. The zero-order valence-electron chi connectivity index (χ0n) is 14.2. The highest BCUT2D eigenvalue weighted by Crippen LogP contribution is 2.18. The normalized spacial score (nSPS) is 12.0. The molecule has 0 unspecified atom stereocenters. The molecule has 0 aliphatic heterocycles. The minimum atomic E-state index is -0.459. The van der Waals surface area contributed by atoms with Crippen LogP contribution in [0.3, 0.4) is 0 Å². The Kier molecular flexibility index (Phi) is 5.13. The third kappa shape index (κ3) is 3.97. The Labute approximate surface area is 154 Å². The van der Waals surface area contributed by atoms with Crippen LogP contribution in [-0.2, 0) is 4.79 Å². The molecular formula is C17H17ClN6O2. The lowest BCUT2D eigenvalue weighted by Crippen LogP contribution is -2.22. The summed E-state index contributed by atoms with van der Waals surface area (Å²) < 4.78 is 0. The van der Waals surface area contributed by atoms with Gasteiger partial charge in [-0.1, -0.05) is 18.5 Å². The van der Waals surface area contributed by atoms with Gasteiger partial charge in [-0.15, -0.1) is 0 Å². The van der Waals surface area contributed by atoms with E-state index in [4.69, 9.17) is 11.6 Å². The summed E-state index contributed by atoms with van der Waals surface area (Å²) >= 11 is 5.99. The Morgan fingerprint density at radius 2 is 2.12 bits per heavy atom. The van der Waals surface area contributed by atoms with Gasteiger partial charge in [0, 0.05) is 17.6 Å². The molecule has 3 rings (SSSR count). The van der Waals surface area contributed by atoms with Gasteiger partial charge < -0.3 is 15.6 Å². The first-order valence-electron chi connectivity index (χ1n) is 8.05. The van der Waals surface area contributed by atoms with Crippen molar-refractivity contribution < 1.29 is 4.79 Å². The van der Waals surface area contributed by atoms with Gasteiger partial charge in [-0.05, 0) is 31.2 Å². The molecule has 1 atom stereocenters. The molecule has 0 aliphatic carbocycles. The fourth-order valence-corrected chi connectivity index (χ4v) is 2.52. The van der Waals surface area contributed by atoms with E-state index in [9.17, 15) is 9.59 Å². The van der Waals surface area contributed by atoms with E-state index >= 15 is 0 Å². The van der Waals surface area contributed by atoms with Crippen LogP contribution in [0.1, 0.15) is 32.0 Å². The van der Waals surface area contributed by atoms with Gasteiger partial charge in [0.15, 0.2) is 0 Å². The third-order valence-corrected chi connectivity index (χ3v) is 3.92. The average Bonchev–Trinajstić information content (AvgIpc) is 2.61. The third-order valence-electron chi connectivity index (χ3n) is 3.68. The van der Waals surface area contributed by atoms with E-state index in [1.165, 1.54) is 6.20 Å². The number of anilines is 2. The predicted octanol–water partition coefficient (Wildman–Crippen LogP) is 2.89. The number of hydrogen-bond acceptors (Lipinski definition) is 6. The minimum absolute atomic E-state index is 0.146. The lowest BCUT2D eigenvalue weighted by atomic mass is 10.2. The van der Waals surface area contributed by atoms with Crippen molar-refractivity contribution in [2.75, 3.05) is 10.6 Å². The summed E-state index contributed by atoms with van der Waals surface area (Å²) in [6.07, 6.45) is 1.87. The minimum Gasteiger partial charge on any atom is -0.346 e. The quantitative estimate of drug-likeness (QED) is 0.634. The second kappa shape index (κ2) is 7.49. The number of fused-ring (bicyclic) bond motifs is 1.